The normalized spacial score (nSPS) is 17.9. The zero-order chi connectivity index (χ0) is 20.6. The summed E-state index contributed by atoms with van der Waals surface area (Å²) >= 11 is 1.44. The Morgan fingerprint density at radius 1 is 1.10 bits per heavy atom. The van der Waals surface area contributed by atoms with E-state index in [4.69, 9.17) is 0 Å². The van der Waals surface area contributed by atoms with E-state index >= 15 is 0 Å². The van der Waals surface area contributed by atoms with Gasteiger partial charge in [-0.25, -0.2) is 13.4 Å². The fraction of sp³-hybridized carbons (Fsp3) is 0.524. The molecule has 0 spiro atoms. The summed E-state index contributed by atoms with van der Waals surface area (Å²) in [5, 5.41) is 0.958. The van der Waals surface area contributed by atoms with E-state index in [2.05, 4.69) is 4.98 Å². The number of aryl methyl sites for hydroxylation is 4. The van der Waals surface area contributed by atoms with Gasteiger partial charge in [-0.1, -0.05) is 13.0 Å². The Kier molecular flexibility index (Phi) is 5.77. The zero-order valence-electron chi connectivity index (χ0n) is 17.0. The van der Waals surface area contributed by atoms with Crippen LogP contribution in [0.5, 0.6) is 0 Å². The number of aromatic nitrogens is 1. The minimum Gasteiger partial charge on any atom is -0.335 e. The van der Waals surface area contributed by atoms with Gasteiger partial charge in [-0.2, -0.15) is 4.31 Å². The highest BCUT2D eigenvalue weighted by atomic mass is 32.2. The molecule has 1 aliphatic carbocycles. The monoisotopic (exact) mass is 433 g/mol. The van der Waals surface area contributed by atoms with Crippen LogP contribution in [-0.4, -0.2) is 54.7 Å². The van der Waals surface area contributed by atoms with Crippen molar-refractivity contribution in [3.63, 3.8) is 0 Å². The summed E-state index contributed by atoms with van der Waals surface area (Å²) in [4.78, 5) is 20.1. The van der Waals surface area contributed by atoms with E-state index in [0.29, 0.717) is 36.0 Å². The highest BCUT2D eigenvalue weighted by Crippen LogP contribution is 2.27. The van der Waals surface area contributed by atoms with Gasteiger partial charge in [0, 0.05) is 26.2 Å². The lowest BCUT2D eigenvalue weighted by molar-refractivity contribution is 0.0702. The molecule has 2 aliphatic rings. The number of sulfonamides is 1. The molecule has 0 atom stereocenters. The third-order valence-electron chi connectivity index (χ3n) is 5.82. The minimum atomic E-state index is -3.53. The number of nitrogens with zero attached hydrogens (tertiary/aromatic N) is 3. The predicted octanol–water partition coefficient (Wildman–Crippen LogP) is 3.04. The SMILES string of the molecule is CCc1nc(C)c(C(=O)N2CCN(S(=O)(=O)c3ccc4c(c3)CCCC4)CC2)s1. The molecule has 8 heteroatoms. The number of thiazole rings is 1. The molecular formula is C21H27N3O3S2. The first-order valence-corrected chi connectivity index (χ1v) is 12.5. The molecule has 0 unspecified atom stereocenters. The van der Waals surface area contributed by atoms with Gasteiger partial charge < -0.3 is 4.90 Å². The first-order valence-electron chi connectivity index (χ1n) is 10.3. The zero-order valence-corrected chi connectivity index (χ0v) is 18.6. The molecule has 0 saturated carbocycles. The lowest BCUT2D eigenvalue weighted by Gasteiger charge is -2.34. The van der Waals surface area contributed by atoms with Crippen LogP contribution in [0.15, 0.2) is 23.1 Å². The van der Waals surface area contributed by atoms with E-state index in [0.717, 1.165) is 36.4 Å². The predicted molar refractivity (Wildman–Crippen MR) is 114 cm³/mol. The van der Waals surface area contributed by atoms with Gasteiger partial charge in [0.1, 0.15) is 4.88 Å². The van der Waals surface area contributed by atoms with Gasteiger partial charge in [-0.3, -0.25) is 4.79 Å². The number of fused-ring (bicyclic) bond motifs is 1. The van der Waals surface area contributed by atoms with E-state index in [9.17, 15) is 13.2 Å². The highest BCUT2D eigenvalue weighted by Gasteiger charge is 2.32. The maximum Gasteiger partial charge on any atom is 0.265 e. The van der Waals surface area contributed by atoms with Crippen LogP contribution >= 0.6 is 11.3 Å². The third kappa shape index (κ3) is 3.98. The second-order valence-corrected chi connectivity index (χ2v) is 10.7. The third-order valence-corrected chi connectivity index (χ3v) is 9.01. The van der Waals surface area contributed by atoms with Gasteiger partial charge in [0.2, 0.25) is 10.0 Å². The van der Waals surface area contributed by atoms with Crippen LogP contribution < -0.4 is 0 Å². The van der Waals surface area contributed by atoms with Gasteiger partial charge in [-0.15, -0.1) is 11.3 Å². The molecule has 2 heterocycles. The molecule has 0 N–H and O–H groups in total. The fourth-order valence-electron chi connectivity index (χ4n) is 4.10. The Labute approximate surface area is 176 Å². The van der Waals surface area contributed by atoms with Crippen LogP contribution in [0, 0.1) is 6.92 Å². The van der Waals surface area contributed by atoms with Gasteiger partial charge >= 0.3 is 0 Å². The van der Waals surface area contributed by atoms with Crippen molar-refractivity contribution in [2.75, 3.05) is 26.2 Å². The first-order chi connectivity index (χ1) is 13.9. The first kappa shape index (κ1) is 20.5. The van der Waals surface area contributed by atoms with Crippen molar-refractivity contribution in [3.8, 4) is 0 Å². The van der Waals surface area contributed by atoms with Crippen molar-refractivity contribution in [2.45, 2.75) is 50.8 Å². The number of rotatable bonds is 4. The summed E-state index contributed by atoms with van der Waals surface area (Å²) in [6.07, 6.45) is 5.09. The lowest BCUT2D eigenvalue weighted by atomic mass is 9.92. The van der Waals surface area contributed by atoms with Crippen LogP contribution in [-0.2, 0) is 29.3 Å². The largest absolute Gasteiger partial charge is 0.335 e. The second kappa shape index (κ2) is 8.16. The molecule has 4 rings (SSSR count). The van der Waals surface area contributed by atoms with E-state index < -0.39 is 10.0 Å². The summed E-state index contributed by atoms with van der Waals surface area (Å²) in [6.45, 7) is 5.34. The highest BCUT2D eigenvalue weighted by molar-refractivity contribution is 7.89. The van der Waals surface area contributed by atoms with E-state index in [1.165, 1.54) is 33.2 Å². The van der Waals surface area contributed by atoms with Crippen molar-refractivity contribution in [2.24, 2.45) is 0 Å². The standard InChI is InChI=1S/C21H27N3O3S2/c1-3-19-22-15(2)20(28-19)21(25)23-10-12-24(13-11-23)29(26,27)18-9-8-16-6-4-5-7-17(16)14-18/h8-9,14H,3-7,10-13H2,1-2H3. The second-order valence-electron chi connectivity index (χ2n) is 7.71. The Morgan fingerprint density at radius 2 is 1.79 bits per heavy atom. The summed E-state index contributed by atoms with van der Waals surface area (Å²) in [5.41, 5.74) is 3.21. The minimum absolute atomic E-state index is 0.0365. The average Bonchev–Trinajstić information content (AvgIpc) is 3.13. The van der Waals surface area contributed by atoms with E-state index in [-0.39, 0.29) is 5.91 Å². The Bertz CT molecular complexity index is 1020. The molecule has 1 aliphatic heterocycles. The number of carbonyl (C=O) groups excluding carboxylic acids is 1. The summed E-state index contributed by atoms with van der Waals surface area (Å²) in [7, 11) is -3.53. The van der Waals surface area contributed by atoms with Crippen LogP contribution in [0.1, 0.15) is 51.3 Å². The van der Waals surface area contributed by atoms with Crippen LogP contribution in [0.2, 0.25) is 0 Å². The molecule has 6 nitrogen and oxygen atoms in total. The smallest absolute Gasteiger partial charge is 0.265 e. The summed E-state index contributed by atoms with van der Waals surface area (Å²) < 4.78 is 27.8. The van der Waals surface area contributed by atoms with Crippen molar-refractivity contribution in [1.82, 2.24) is 14.2 Å². The molecule has 29 heavy (non-hydrogen) atoms. The van der Waals surface area contributed by atoms with E-state index in [1.807, 2.05) is 26.0 Å². The molecule has 0 radical (unpaired) electrons. The van der Waals surface area contributed by atoms with Gasteiger partial charge in [-0.05, 0) is 62.3 Å². The number of hydrogen-bond acceptors (Lipinski definition) is 5. The van der Waals surface area contributed by atoms with Gasteiger partial charge in [0.15, 0.2) is 0 Å². The van der Waals surface area contributed by atoms with Gasteiger partial charge in [0.05, 0.1) is 15.6 Å². The molecule has 156 valence electrons. The summed E-state index contributed by atoms with van der Waals surface area (Å²) in [5.74, 6) is -0.0365. The number of benzene rings is 1. The van der Waals surface area contributed by atoms with E-state index in [1.54, 1.807) is 11.0 Å². The Balaban J connectivity index is 1.46. The quantitative estimate of drug-likeness (QED) is 0.743. The van der Waals surface area contributed by atoms with Crippen molar-refractivity contribution in [1.29, 1.82) is 0 Å². The average molecular weight is 434 g/mol. The maximum atomic E-state index is 13.1. The van der Waals surface area contributed by atoms with Crippen LogP contribution in [0.4, 0.5) is 0 Å². The maximum absolute atomic E-state index is 13.1. The number of piperazine rings is 1. The summed E-state index contributed by atoms with van der Waals surface area (Å²) in [6, 6.07) is 5.57. The topological polar surface area (TPSA) is 70.6 Å². The van der Waals surface area contributed by atoms with Crippen LogP contribution in [0.3, 0.4) is 0 Å². The van der Waals surface area contributed by atoms with Crippen LogP contribution in [0.25, 0.3) is 0 Å². The molecule has 2 aromatic rings. The lowest BCUT2D eigenvalue weighted by Crippen LogP contribution is -2.50. The Morgan fingerprint density at radius 3 is 2.45 bits per heavy atom. The molecule has 1 amide bonds. The number of carbonyl (C=O) groups is 1. The van der Waals surface area contributed by atoms with Crippen molar-refractivity contribution >= 4 is 27.3 Å². The van der Waals surface area contributed by atoms with Crippen molar-refractivity contribution < 1.29 is 13.2 Å². The molecule has 1 aromatic heterocycles. The molecule has 1 aromatic carbocycles. The van der Waals surface area contributed by atoms with Crippen molar-refractivity contribution in [3.05, 3.63) is 44.9 Å². The number of hydrogen-bond donors (Lipinski definition) is 0. The fourth-order valence-corrected chi connectivity index (χ4v) is 6.54. The molecule has 1 fully saturated rings. The molecule has 1 saturated heterocycles. The molecular weight excluding hydrogens is 406 g/mol. The van der Waals surface area contributed by atoms with Gasteiger partial charge in [0.25, 0.3) is 5.91 Å². The number of amides is 1. The molecule has 0 bridgehead atoms. The Hall–Kier alpha value is -1.77.